The van der Waals surface area contributed by atoms with Crippen molar-refractivity contribution in [3.63, 3.8) is 0 Å². The largest absolute Gasteiger partial charge is 0.455 e. The molecule has 0 unspecified atom stereocenters. The van der Waals surface area contributed by atoms with E-state index in [1.54, 1.807) is 0 Å². The van der Waals surface area contributed by atoms with E-state index in [1.807, 2.05) is 0 Å². The molecule has 0 saturated carbocycles. The second-order valence-corrected chi connectivity index (χ2v) is 4.02. The number of hydrogen-bond acceptors (Lipinski definition) is 2. The van der Waals surface area contributed by atoms with Crippen LogP contribution in [0.5, 0.6) is 0 Å². The number of rotatable bonds is 4. The summed E-state index contributed by atoms with van der Waals surface area (Å²) in [5.74, 6) is -3.57. The van der Waals surface area contributed by atoms with Crippen LogP contribution in [0.2, 0.25) is 0 Å². The van der Waals surface area contributed by atoms with Crippen LogP contribution in [0.3, 0.4) is 0 Å². The first-order valence-electron chi connectivity index (χ1n) is 5.50. The lowest BCUT2D eigenvalue weighted by molar-refractivity contribution is -0.132. The molecule has 0 saturated heterocycles. The van der Waals surface area contributed by atoms with E-state index in [0.717, 1.165) is 24.3 Å². The molecule has 0 radical (unpaired) electrons. The van der Waals surface area contributed by atoms with Gasteiger partial charge in [-0.05, 0) is 24.3 Å². The number of benzene rings is 2. The Hall–Kier alpha value is -2.37. The molecule has 0 aliphatic carbocycles. The first kappa shape index (κ1) is 14.0. The van der Waals surface area contributed by atoms with Crippen molar-refractivity contribution >= 4 is 6.47 Å². The molecule has 6 heteroatoms. The van der Waals surface area contributed by atoms with Crippen molar-refractivity contribution in [1.82, 2.24) is 0 Å². The standard InChI is InChI=1S/C14H8F4O2/c15-10-1-8(2-11(16)5-10)14(20-7-19)9-3-12(17)6-13(18)4-9/h1-7,14H. The van der Waals surface area contributed by atoms with Crippen LogP contribution in [0.15, 0.2) is 36.4 Å². The first-order valence-corrected chi connectivity index (χ1v) is 5.50. The maximum absolute atomic E-state index is 13.2. The summed E-state index contributed by atoms with van der Waals surface area (Å²) in [4.78, 5) is 10.5. The summed E-state index contributed by atoms with van der Waals surface area (Å²) in [6, 6.07) is 4.93. The van der Waals surface area contributed by atoms with Gasteiger partial charge in [-0.3, -0.25) is 4.79 Å². The molecule has 0 heterocycles. The van der Waals surface area contributed by atoms with Gasteiger partial charge in [0.25, 0.3) is 6.47 Å². The van der Waals surface area contributed by atoms with Gasteiger partial charge in [0.15, 0.2) is 6.10 Å². The van der Waals surface area contributed by atoms with Crippen molar-refractivity contribution in [1.29, 1.82) is 0 Å². The molecule has 0 aromatic heterocycles. The highest BCUT2D eigenvalue weighted by molar-refractivity contribution is 5.42. The fraction of sp³-hybridized carbons (Fsp3) is 0.0714. The van der Waals surface area contributed by atoms with Gasteiger partial charge in [-0.1, -0.05) is 0 Å². The molecule has 0 atom stereocenters. The Morgan fingerprint density at radius 3 is 1.40 bits per heavy atom. The molecular formula is C14H8F4O2. The van der Waals surface area contributed by atoms with Gasteiger partial charge >= 0.3 is 0 Å². The Kier molecular flexibility index (Phi) is 4.02. The van der Waals surface area contributed by atoms with E-state index in [-0.39, 0.29) is 17.6 Å². The van der Waals surface area contributed by atoms with Crippen molar-refractivity contribution in [3.05, 3.63) is 70.8 Å². The maximum Gasteiger partial charge on any atom is 0.294 e. The minimum absolute atomic E-state index is 0.0380. The highest BCUT2D eigenvalue weighted by atomic mass is 19.1. The van der Waals surface area contributed by atoms with Crippen LogP contribution in [0.4, 0.5) is 17.6 Å². The van der Waals surface area contributed by atoms with Gasteiger partial charge in [0.05, 0.1) is 0 Å². The number of ether oxygens (including phenoxy) is 1. The molecule has 20 heavy (non-hydrogen) atoms. The molecule has 2 nitrogen and oxygen atoms in total. The molecule has 0 bridgehead atoms. The minimum atomic E-state index is -1.30. The quantitative estimate of drug-likeness (QED) is 0.634. The summed E-state index contributed by atoms with van der Waals surface area (Å²) in [7, 11) is 0. The van der Waals surface area contributed by atoms with Crippen LogP contribution in [-0.2, 0) is 9.53 Å². The molecule has 2 rings (SSSR count). The Morgan fingerprint density at radius 1 is 0.750 bits per heavy atom. The van der Waals surface area contributed by atoms with Crippen LogP contribution >= 0.6 is 0 Å². The zero-order chi connectivity index (χ0) is 14.7. The lowest BCUT2D eigenvalue weighted by Gasteiger charge is -2.16. The number of carbonyl (C=O) groups is 1. The SMILES string of the molecule is O=COC(c1cc(F)cc(F)c1)c1cc(F)cc(F)c1. The molecule has 0 fully saturated rings. The van der Waals surface area contributed by atoms with Gasteiger partial charge < -0.3 is 4.74 Å². The maximum atomic E-state index is 13.2. The topological polar surface area (TPSA) is 26.3 Å². The fourth-order valence-corrected chi connectivity index (χ4v) is 1.86. The number of halogens is 4. The van der Waals surface area contributed by atoms with E-state index in [0.29, 0.717) is 12.1 Å². The van der Waals surface area contributed by atoms with Crippen LogP contribution in [0, 0.1) is 23.3 Å². The van der Waals surface area contributed by atoms with Gasteiger partial charge in [0, 0.05) is 23.3 Å². The highest BCUT2D eigenvalue weighted by Gasteiger charge is 2.19. The predicted molar refractivity (Wildman–Crippen MR) is 61.7 cm³/mol. The third kappa shape index (κ3) is 3.14. The van der Waals surface area contributed by atoms with Crippen molar-refractivity contribution in [3.8, 4) is 0 Å². The average Bonchev–Trinajstić information content (AvgIpc) is 2.33. The molecule has 0 spiro atoms. The molecular weight excluding hydrogens is 276 g/mol. The lowest BCUT2D eigenvalue weighted by Crippen LogP contribution is -2.07. The molecule has 0 aliphatic rings. The molecule has 0 N–H and O–H groups in total. The third-order valence-corrected chi connectivity index (χ3v) is 2.57. The number of hydrogen-bond donors (Lipinski definition) is 0. The normalized spacial score (nSPS) is 10.7. The van der Waals surface area contributed by atoms with E-state index in [9.17, 15) is 22.4 Å². The summed E-state index contributed by atoms with van der Waals surface area (Å²) >= 11 is 0. The van der Waals surface area contributed by atoms with Gasteiger partial charge in [0.2, 0.25) is 0 Å². The Labute approximate surface area is 111 Å². The second-order valence-electron chi connectivity index (χ2n) is 4.02. The lowest BCUT2D eigenvalue weighted by atomic mass is 10.0. The number of carbonyl (C=O) groups excluding carboxylic acids is 1. The average molecular weight is 284 g/mol. The molecule has 0 aliphatic heterocycles. The zero-order valence-corrected chi connectivity index (χ0v) is 9.95. The zero-order valence-electron chi connectivity index (χ0n) is 9.95. The van der Waals surface area contributed by atoms with Gasteiger partial charge in [-0.15, -0.1) is 0 Å². The van der Waals surface area contributed by atoms with Crippen molar-refractivity contribution in [2.24, 2.45) is 0 Å². The summed E-state index contributed by atoms with van der Waals surface area (Å²) in [6.07, 6.45) is -1.30. The van der Waals surface area contributed by atoms with E-state index >= 15 is 0 Å². The van der Waals surface area contributed by atoms with Crippen LogP contribution in [0.25, 0.3) is 0 Å². The second kappa shape index (κ2) is 5.73. The van der Waals surface area contributed by atoms with E-state index < -0.39 is 29.4 Å². The van der Waals surface area contributed by atoms with E-state index in [2.05, 4.69) is 4.74 Å². The smallest absolute Gasteiger partial charge is 0.294 e. The summed E-state index contributed by atoms with van der Waals surface area (Å²) < 4.78 is 57.4. The summed E-state index contributed by atoms with van der Waals surface area (Å²) in [6.45, 7) is 0.0380. The Bertz CT molecular complexity index is 551. The van der Waals surface area contributed by atoms with Gasteiger partial charge in [0.1, 0.15) is 23.3 Å². The van der Waals surface area contributed by atoms with Gasteiger partial charge in [-0.25, -0.2) is 17.6 Å². The van der Waals surface area contributed by atoms with Crippen molar-refractivity contribution in [2.45, 2.75) is 6.10 Å². The van der Waals surface area contributed by atoms with Crippen LogP contribution in [-0.4, -0.2) is 6.47 Å². The van der Waals surface area contributed by atoms with Crippen LogP contribution < -0.4 is 0 Å². The van der Waals surface area contributed by atoms with Crippen molar-refractivity contribution in [2.75, 3.05) is 0 Å². The Balaban J connectivity index is 2.52. The molecule has 2 aromatic carbocycles. The van der Waals surface area contributed by atoms with Crippen LogP contribution in [0.1, 0.15) is 17.2 Å². The highest BCUT2D eigenvalue weighted by Crippen LogP contribution is 2.28. The van der Waals surface area contributed by atoms with E-state index in [1.165, 1.54) is 0 Å². The monoisotopic (exact) mass is 284 g/mol. The molecule has 104 valence electrons. The Morgan fingerprint density at radius 2 is 1.10 bits per heavy atom. The van der Waals surface area contributed by atoms with Crippen molar-refractivity contribution < 1.29 is 27.1 Å². The predicted octanol–water partition coefficient (Wildman–Crippen LogP) is 3.51. The first-order chi connectivity index (χ1) is 9.49. The molecule has 0 amide bonds. The minimum Gasteiger partial charge on any atom is -0.455 e. The van der Waals surface area contributed by atoms with E-state index in [4.69, 9.17) is 0 Å². The third-order valence-electron chi connectivity index (χ3n) is 2.57. The fourth-order valence-electron chi connectivity index (χ4n) is 1.86. The summed E-state index contributed by atoms with van der Waals surface area (Å²) in [5, 5.41) is 0. The van der Waals surface area contributed by atoms with Gasteiger partial charge in [-0.2, -0.15) is 0 Å². The summed E-state index contributed by atoms with van der Waals surface area (Å²) in [5.41, 5.74) is -0.140. The molecule has 2 aromatic rings.